The number of phenolic OH excluding ortho intramolecular Hbond substituents is 2. The number of phenols is 2. The van der Waals surface area contributed by atoms with Gasteiger partial charge in [0, 0.05) is 10.7 Å². The summed E-state index contributed by atoms with van der Waals surface area (Å²) in [5, 5.41) is 34.5. The molecule has 42 heavy (non-hydrogen) atoms. The van der Waals surface area contributed by atoms with Crippen LogP contribution in [0.25, 0.3) is 10.8 Å². The van der Waals surface area contributed by atoms with Crippen LogP contribution < -0.4 is 11.0 Å². The van der Waals surface area contributed by atoms with Crippen molar-refractivity contribution in [1.82, 2.24) is 0 Å². The Morgan fingerprint density at radius 3 is 1.81 bits per heavy atom. The van der Waals surface area contributed by atoms with E-state index in [1.54, 1.807) is 0 Å². The summed E-state index contributed by atoms with van der Waals surface area (Å²) in [5.41, 5.74) is 3.62. The maximum atomic E-state index is 12.2. The average molecular weight is 658 g/mol. The van der Waals surface area contributed by atoms with E-state index < -0.39 is 82.3 Å². The van der Waals surface area contributed by atoms with E-state index in [1.165, 1.54) is 30.3 Å². The maximum absolute atomic E-state index is 12.2. The smallest absolute Gasteiger partial charge is 0.358 e. The summed E-state index contributed by atoms with van der Waals surface area (Å²) in [6, 6.07) is 10.1. The van der Waals surface area contributed by atoms with Crippen LogP contribution in [0.5, 0.6) is 11.5 Å². The molecule has 0 fully saturated rings. The molecule has 0 aliphatic heterocycles. The molecule has 0 aromatic heterocycles. The number of aromatic hydroxyl groups is 2. The first-order valence-corrected chi connectivity index (χ1v) is 15.8. The van der Waals surface area contributed by atoms with Crippen molar-refractivity contribution in [3.8, 4) is 11.5 Å². The lowest BCUT2D eigenvalue weighted by Crippen LogP contribution is -2.04. The molecule has 4 rings (SSSR count). The van der Waals surface area contributed by atoms with Crippen LogP contribution in [0, 0.1) is 0 Å². The van der Waals surface area contributed by atoms with E-state index in [1.807, 2.05) is 0 Å². The van der Waals surface area contributed by atoms with E-state index in [4.69, 9.17) is 17.3 Å². The van der Waals surface area contributed by atoms with Crippen molar-refractivity contribution >= 4 is 83.9 Å². The van der Waals surface area contributed by atoms with Crippen LogP contribution in [0.15, 0.2) is 84.8 Å². The van der Waals surface area contributed by atoms with Crippen molar-refractivity contribution in [2.75, 3.05) is 5.73 Å². The Hall–Kier alpha value is -4.00. The topological polar surface area (TPSA) is 282 Å². The Kier molecular flexibility index (Phi) is 8.11. The number of hydrogen-bond donors (Lipinski definition) is 7. The van der Waals surface area contributed by atoms with Gasteiger partial charge in [-0.05, 0) is 53.9 Å². The largest absolute Gasteiger partial charge is 0.505 e. The summed E-state index contributed by atoms with van der Waals surface area (Å²) in [6.07, 6.45) is 0. The van der Waals surface area contributed by atoms with Crippen molar-refractivity contribution in [3.63, 3.8) is 0 Å². The molecule has 0 aliphatic carbocycles. The van der Waals surface area contributed by atoms with Gasteiger partial charge in [0.1, 0.15) is 26.9 Å². The first-order chi connectivity index (χ1) is 19.4. The van der Waals surface area contributed by atoms with Crippen molar-refractivity contribution < 1.29 is 50.5 Å². The van der Waals surface area contributed by atoms with Gasteiger partial charge in [0.25, 0.3) is 20.2 Å². The number of fused-ring (bicyclic) bond motifs is 1. The Bertz CT molecular complexity index is 2100. The number of nitrogen functional groups attached to an aromatic ring is 1. The van der Waals surface area contributed by atoms with Gasteiger partial charge in [-0.15, -0.1) is 15.3 Å². The van der Waals surface area contributed by atoms with E-state index in [2.05, 4.69) is 20.5 Å². The predicted octanol–water partition coefficient (Wildman–Crippen LogP) is 4.61. The zero-order chi connectivity index (χ0) is 31.2. The van der Waals surface area contributed by atoms with Gasteiger partial charge in [0.2, 0.25) is 0 Å². The molecule has 0 heterocycles. The van der Waals surface area contributed by atoms with Crippen LogP contribution in [0.1, 0.15) is 0 Å². The van der Waals surface area contributed by atoms with Crippen LogP contribution in [-0.2, 0) is 24.8 Å². The molecule has 4 aromatic rings. The monoisotopic (exact) mass is 657 g/mol. The molecule has 0 bridgehead atoms. The van der Waals surface area contributed by atoms with Crippen molar-refractivity contribution in [3.05, 3.63) is 59.6 Å². The second-order valence-electron chi connectivity index (χ2n) is 8.36. The minimum Gasteiger partial charge on any atom is -0.505 e. The van der Waals surface area contributed by atoms with Crippen LogP contribution in [-0.4, -0.2) is 45.9 Å². The molecule has 0 amide bonds. The van der Waals surface area contributed by atoms with E-state index in [9.17, 15) is 50.5 Å². The Morgan fingerprint density at radius 1 is 0.762 bits per heavy atom. The average Bonchev–Trinajstić information content (AvgIpc) is 2.86. The van der Waals surface area contributed by atoms with Gasteiger partial charge in [-0.3, -0.25) is 13.7 Å². The summed E-state index contributed by atoms with van der Waals surface area (Å²) in [7, 11) is -15.4. The Labute approximate surface area is 241 Å². The number of halogens is 1. The maximum Gasteiger partial charge on any atom is 0.358 e. The highest BCUT2D eigenvalue weighted by molar-refractivity contribution is 7.86. The molecule has 220 valence electrons. The van der Waals surface area contributed by atoms with Crippen molar-refractivity contribution in [2.45, 2.75) is 9.79 Å². The van der Waals surface area contributed by atoms with Crippen LogP contribution >= 0.6 is 19.2 Å². The van der Waals surface area contributed by atoms with E-state index in [0.29, 0.717) is 12.1 Å². The van der Waals surface area contributed by atoms with Crippen LogP contribution in [0.2, 0.25) is 5.02 Å². The minimum absolute atomic E-state index is 0.0844. The number of rotatable bonds is 7. The lowest BCUT2D eigenvalue weighted by atomic mass is 10.1. The van der Waals surface area contributed by atoms with Gasteiger partial charge in [0.05, 0.1) is 16.4 Å². The molecular weight excluding hydrogens is 641 g/mol. The molecule has 4 aromatic carbocycles. The standard InChI is InChI=1S/C22H17ClN5O11PS2/c23-11-4-5-14(15(8-11)40(31,32)33)26-28-20-17(42(37,38)39)7-10-6-16(41(34,35)36)19(21(29)18(10)22(20)30)27-25-13-3-1-2-12(24)9-13/h1-9,29-30H,24H2,(H2,31,32,33)(H,34,35,36)(H,37,38,39). The first-order valence-electron chi connectivity index (χ1n) is 10.9. The number of nitrogens with two attached hydrogens (primary N) is 1. The molecule has 0 saturated heterocycles. The third kappa shape index (κ3) is 6.40. The molecule has 8 N–H and O–H groups in total. The summed E-state index contributed by atoms with van der Waals surface area (Å²) in [6.45, 7) is 0. The molecule has 0 aliphatic rings. The van der Waals surface area contributed by atoms with Gasteiger partial charge in [-0.1, -0.05) is 17.7 Å². The third-order valence-corrected chi connectivity index (χ3v) is 8.41. The SMILES string of the molecule is Nc1cccc(N=Nc2c(S(=O)(=O)O)cc3cc(S(=O)(=O)O)c(N=Nc4ccc(Cl)cc4P(=O)(O)O)c(O)c3c2O)c1. The van der Waals surface area contributed by atoms with Crippen LogP contribution in [0.3, 0.4) is 0 Å². The number of hydrogen-bond acceptors (Lipinski definition) is 12. The van der Waals surface area contributed by atoms with Crippen molar-refractivity contribution in [1.29, 1.82) is 0 Å². The number of benzene rings is 4. The number of azo groups is 2. The molecule has 20 heteroatoms. The molecule has 0 radical (unpaired) electrons. The highest BCUT2D eigenvalue weighted by atomic mass is 35.5. The summed E-state index contributed by atoms with van der Waals surface area (Å²) >= 11 is 5.79. The highest BCUT2D eigenvalue weighted by Crippen LogP contribution is 2.50. The van der Waals surface area contributed by atoms with Crippen molar-refractivity contribution in [2.24, 2.45) is 20.5 Å². The van der Waals surface area contributed by atoms with Gasteiger partial charge < -0.3 is 25.7 Å². The summed E-state index contributed by atoms with van der Waals surface area (Å²) < 4.78 is 80.1. The zero-order valence-electron chi connectivity index (χ0n) is 20.4. The normalized spacial score (nSPS) is 13.0. The van der Waals surface area contributed by atoms with E-state index >= 15 is 0 Å². The number of nitrogens with zero attached hydrogens (tertiary/aromatic N) is 4. The zero-order valence-corrected chi connectivity index (χ0v) is 23.7. The minimum atomic E-state index is -5.25. The molecular formula is C22H17ClN5O11PS2. The highest BCUT2D eigenvalue weighted by Gasteiger charge is 2.29. The lowest BCUT2D eigenvalue weighted by Gasteiger charge is -2.13. The third-order valence-electron chi connectivity index (χ3n) is 5.45. The first kappa shape index (κ1) is 30.9. The van der Waals surface area contributed by atoms with Gasteiger partial charge >= 0.3 is 7.60 Å². The van der Waals surface area contributed by atoms with Crippen LogP contribution in [0.4, 0.5) is 28.4 Å². The molecule has 16 nitrogen and oxygen atoms in total. The Morgan fingerprint density at radius 2 is 1.31 bits per heavy atom. The summed E-state index contributed by atoms with van der Waals surface area (Å²) in [5.74, 6) is -2.30. The quantitative estimate of drug-likeness (QED) is 0.0620. The van der Waals surface area contributed by atoms with Gasteiger partial charge in [-0.2, -0.15) is 21.9 Å². The fourth-order valence-electron chi connectivity index (χ4n) is 3.66. The fourth-order valence-corrected chi connectivity index (χ4v) is 5.95. The number of anilines is 1. The predicted molar refractivity (Wildman–Crippen MR) is 149 cm³/mol. The fraction of sp³-hybridized carbons (Fsp3) is 0. The lowest BCUT2D eigenvalue weighted by molar-refractivity contribution is 0.387. The van der Waals surface area contributed by atoms with Gasteiger partial charge in [-0.25, -0.2) is 0 Å². The Balaban J connectivity index is 2.04. The summed E-state index contributed by atoms with van der Waals surface area (Å²) in [4.78, 5) is 17.0. The second-order valence-corrected chi connectivity index (χ2v) is 13.2. The second kappa shape index (κ2) is 11.0. The van der Waals surface area contributed by atoms with E-state index in [0.717, 1.165) is 12.1 Å². The van der Waals surface area contributed by atoms with E-state index in [-0.39, 0.29) is 16.4 Å². The molecule has 0 unspecified atom stereocenters. The molecule has 0 saturated carbocycles. The molecule has 0 atom stereocenters. The molecule has 0 spiro atoms. The van der Waals surface area contributed by atoms with Gasteiger partial charge in [0.15, 0.2) is 11.5 Å².